The Morgan fingerprint density at radius 1 is 1.08 bits per heavy atom. The molecule has 5 rings (SSSR count). The van der Waals surface area contributed by atoms with Crippen molar-refractivity contribution in [3.8, 4) is 11.4 Å². The fraction of sp³-hybridized carbons (Fsp3) is 0.318. The maximum Gasteiger partial charge on any atom is 0.121 e. The number of hydrogen-bond acceptors (Lipinski definition) is 2. The molecule has 0 atom stereocenters. The molecule has 26 heavy (non-hydrogen) atoms. The second kappa shape index (κ2) is 6.20. The molecule has 4 aromatic rings. The molecule has 4 heteroatoms. The van der Waals surface area contributed by atoms with E-state index in [4.69, 9.17) is 4.74 Å². The lowest BCUT2D eigenvalue weighted by Crippen LogP contribution is -2.03. The molecule has 2 heterocycles. The van der Waals surface area contributed by atoms with Crippen molar-refractivity contribution in [3.05, 3.63) is 54.5 Å². The maximum atomic E-state index is 5.31. The molecule has 1 fully saturated rings. The molecule has 2 aromatic carbocycles. The minimum Gasteiger partial charge on any atom is -0.497 e. The molecule has 1 aliphatic rings. The Morgan fingerprint density at radius 2 is 1.96 bits per heavy atom. The van der Waals surface area contributed by atoms with Crippen molar-refractivity contribution in [2.24, 2.45) is 0 Å². The summed E-state index contributed by atoms with van der Waals surface area (Å²) in [6.07, 6.45) is 10.8. The second-order valence-electron chi connectivity index (χ2n) is 7.28. The summed E-state index contributed by atoms with van der Waals surface area (Å²) in [6.45, 7) is 0. The van der Waals surface area contributed by atoms with Gasteiger partial charge in [-0.3, -0.25) is 4.57 Å². The molecule has 132 valence electrons. The van der Waals surface area contributed by atoms with Crippen LogP contribution in [-0.2, 0) is 0 Å². The van der Waals surface area contributed by atoms with E-state index in [0.29, 0.717) is 5.92 Å². The highest BCUT2D eigenvalue weighted by atomic mass is 16.5. The smallest absolute Gasteiger partial charge is 0.121 e. The summed E-state index contributed by atoms with van der Waals surface area (Å²) in [4.78, 5) is 8.03. The Labute approximate surface area is 152 Å². The summed E-state index contributed by atoms with van der Waals surface area (Å²) in [7, 11) is 1.69. The van der Waals surface area contributed by atoms with Gasteiger partial charge in [0.1, 0.15) is 12.1 Å². The van der Waals surface area contributed by atoms with E-state index >= 15 is 0 Å². The van der Waals surface area contributed by atoms with Crippen LogP contribution < -0.4 is 4.74 Å². The number of nitrogens with one attached hydrogen (secondary N) is 1. The highest BCUT2D eigenvalue weighted by Gasteiger charge is 2.19. The van der Waals surface area contributed by atoms with E-state index in [1.807, 2.05) is 18.5 Å². The summed E-state index contributed by atoms with van der Waals surface area (Å²) < 4.78 is 7.47. The fourth-order valence-electron chi connectivity index (χ4n) is 4.36. The average Bonchev–Trinajstić information content (AvgIpc) is 3.31. The summed E-state index contributed by atoms with van der Waals surface area (Å²) >= 11 is 0. The lowest BCUT2D eigenvalue weighted by molar-refractivity contribution is 0.415. The molecule has 0 amide bonds. The number of aromatic amines is 1. The largest absolute Gasteiger partial charge is 0.497 e. The van der Waals surface area contributed by atoms with Crippen molar-refractivity contribution in [2.45, 2.75) is 38.0 Å². The number of imidazole rings is 1. The van der Waals surface area contributed by atoms with Crippen LogP contribution in [0, 0.1) is 0 Å². The Bertz CT molecular complexity index is 1070. The summed E-state index contributed by atoms with van der Waals surface area (Å²) in [5.74, 6) is 1.53. The quantitative estimate of drug-likeness (QED) is 0.528. The van der Waals surface area contributed by atoms with E-state index < -0.39 is 0 Å². The zero-order valence-corrected chi connectivity index (χ0v) is 15.0. The minimum absolute atomic E-state index is 0.691. The number of ether oxygens (including phenoxy) is 1. The van der Waals surface area contributed by atoms with Gasteiger partial charge in [-0.25, -0.2) is 4.98 Å². The standard InChI is InChI=1S/C22H23N3O/c1-26-17-8-10-22-21(12-17)24-14-25(22)16-7-9-20-18(11-16)19(13-23-20)15-5-3-2-4-6-15/h7-15,23H,2-6H2,1H3. The van der Waals surface area contributed by atoms with Crippen molar-refractivity contribution >= 4 is 21.9 Å². The van der Waals surface area contributed by atoms with Crippen LogP contribution in [0.1, 0.15) is 43.6 Å². The van der Waals surface area contributed by atoms with Crippen molar-refractivity contribution < 1.29 is 4.74 Å². The van der Waals surface area contributed by atoms with E-state index in [1.165, 1.54) is 48.6 Å². The van der Waals surface area contributed by atoms with E-state index in [-0.39, 0.29) is 0 Å². The number of rotatable bonds is 3. The van der Waals surface area contributed by atoms with Crippen LogP contribution in [0.4, 0.5) is 0 Å². The molecule has 0 bridgehead atoms. The lowest BCUT2D eigenvalue weighted by Gasteiger charge is -2.21. The van der Waals surface area contributed by atoms with Crippen LogP contribution in [0.5, 0.6) is 5.75 Å². The normalized spacial score (nSPS) is 15.7. The molecular formula is C22H23N3O. The van der Waals surface area contributed by atoms with Crippen LogP contribution >= 0.6 is 0 Å². The van der Waals surface area contributed by atoms with E-state index in [0.717, 1.165) is 22.5 Å². The fourth-order valence-corrected chi connectivity index (χ4v) is 4.36. The molecule has 0 aliphatic heterocycles. The van der Waals surface area contributed by atoms with Crippen LogP contribution in [-0.4, -0.2) is 21.6 Å². The van der Waals surface area contributed by atoms with Gasteiger partial charge in [0.15, 0.2) is 0 Å². The molecule has 0 unspecified atom stereocenters. The Kier molecular flexibility index (Phi) is 3.70. The van der Waals surface area contributed by atoms with Crippen molar-refractivity contribution in [3.63, 3.8) is 0 Å². The topological polar surface area (TPSA) is 42.8 Å². The first-order chi connectivity index (χ1) is 12.8. The number of hydrogen-bond donors (Lipinski definition) is 1. The van der Waals surface area contributed by atoms with E-state index in [2.05, 4.69) is 45.0 Å². The third-order valence-corrected chi connectivity index (χ3v) is 5.77. The van der Waals surface area contributed by atoms with Crippen LogP contribution in [0.2, 0.25) is 0 Å². The number of benzene rings is 2. The summed E-state index contributed by atoms with van der Waals surface area (Å²) in [5.41, 5.74) is 5.90. The van der Waals surface area contributed by atoms with Gasteiger partial charge < -0.3 is 9.72 Å². The van der Waals surface area contributed by atoms with Gasteiger partial charge in [0.05, 0.1) is 18.1 Å². The molecule has 1 N–H and O–H groups in total. The molecule has 0 radical (unpaired) electrons. The SMILES string of the molecule is COc1ccc2c(c1)ncn2-c1ccc2[nH]cc(C3CCCCC3)c2c1. The van der Waals surface area contributed by atoms with Gasteiger partial charge in [-0.05, 0) is 54.7 Å². The molecule has 1 aliphatic carbocycles. The monoisotopic (exact) mass is 345 g/mol. The third-order valence-electron chi connectivity index (χ3n) is 5.77. The number of methoxy groups -OCH3 is 1. The molecule has 0 spiro atoms. The maximum absolute atomic E-state index is 5.31. The Balaban J connectivity index is 1.61. The van der Waals surface area contributed by atoms with Gasteiger partial charge in [0, 0.05) is 28.9 Å². The van der Waals surface area contributed by atoms with Gasteiger partial charge in [-0.2, -0.15) is 0 Å². The van der Waals surface area contributed by atoms with Gasteiger partial charge in [0.25, 0.3) is 0 Å². The van der Waals surface area contributed by atoms with Gasteiger partial charge in [0.2, 0.25) is 0 Å². The second-order valence-corrected chi connectivity index (χ2v) is 7.28. The zero-order valence-electron chi connectivity index (χ0n) is 15.0. The van der Waals surface area contributed by atoms with E-state index in [9.17, 15) is 0 Å². The predicted molar refractivity (Wildman–Crippen MR) is 105 cm³/mol. The molecule has 4 nitrogen and oxygen atoms in total. The molecular weight excluding hydrogens is 322 g/mol. The van der Waals surface area contributed by atoms with Crippen molar-refractivity contribution in [1.29, 1.82) is 0 Å². The molecule has 2 aromatic heterocycles. The first kappa shape index (κ1) is 15.5. The van der Waals surface area contributed by atoms with Crippen LogP contribution in [0.3, 0.4) is 0 Å². The van der Waals surface area contributed by atoms with Gasteiger partial charge in [-0.15, -0.1) is 0 Å². The Morgan fingerprint density at radius 3 is 2.81 bits per heavy atom. The number of aromatic nitrogens is 3. The van der Waals surface area contributed by atoms with Crippen LogP contribution in [0.15, 0.2) is 48.9 Å². The third kappa shape index (κ3) is 2.48. The highest BCUT2D eigenvalue weighted by molar-refractivity contribution is 5.87. The number of H-pyrrole nitrogens is 1. The van der Waals surface area contributed by atoms with Gasteiger partial charge >= 0.3 is 0 Å². The summed E-state index contributed by atoms with van der Waals surface area (Å²) in [5, 5.41) is 1.35. The zero-order chi connectivity index (χ0) is 17.5. The lowest BCUT2D eigenvalue weighted by atomic mass is 9.84. The van der Waals surface area contributed by atoms with Gasteiger partial charge in [-0.1, -0.05) is 19.3 Å². The minimum atomic E-state index is 0.691. The molecule has 1 saturated carbocycles. The first-order valence-corrected chi connectivity index (χ1v) is 9.46. The summed E-state index contributed by atoms with van der Waals surface area (Å²) in [6, 6.07) is 12.7. The highest BCUT2D eigenvalue weighted by Crippen LogP contribution is 2.37. The van der Waals surface area contributed by atoms with E-state index in [1.54, 1.807) is 7.11 Å². The Hall–Kier alpha value is -2.75. The van der Waals surface area contributed by atoms with Crippen molar-refractivity contribution in [2.75, 3.05) is 7.11 Å². The van der Waals surface area contributed by atoms with Crippen LogP contribution in [0.25, 0.3) is 27.6 Å². The number of fused-ring (bicyclic) bond motifs is 2. The van der Waals surface area contributed by atoms with Crippen molar-refractivity contribution in [1.82, 2.24) is 14.5 Å². The average molecular weight is 345 g/mol. The molecule has 0 saturated heterocycles. The first-order valence-electron chi connectivity index (χ1n) is 9.46. The predicted octanol–water partition coefficient (Wildman–Crippen LogP) is 5.56. The number of nitrogens with zero attached hydrogens (tertiary/aromatic N) is 2.